The van der Waals surface area contributed by atoms with E-state index in [0.717, 1.165) is 22.3 Å². The maximum absolute atomic E-state index is 16.6. The van der Waals surface area contributed by atoms with Gasteiger partial charge < -0.3 is 16.0 Å². The van der Waals surface area contributed by atoms with Crippen LogP contribution in [0.1, 0.15) is 71.4 Å². The first kappa shape index (κ1) is 28.4. The van der Waals surface area contributed by atoms with Crippen LogP contribution >= 0.6 is 0 Å². The van der Waals surface area contributed by atoms with Crippen molar-refractivity contribution < 1.29 is 4.39 Å². The molecule has 0 bridgehead atoms. The summed E-state index contributed by atoms with van der Waals surface area (Å²) in [7, 11) is 0. The molecule has 0 radical (unpaired) electrons. The maximum atomic E-state index is 16.6. The normalized spacial score (nSPS) is 13.8. The van der Waals surface area contributed by atoms with Crippen molar-refractivity contribution in [3.8, 4) is 0 Å². The Labute approximate surface area is 254 Å². The molecule has 0 aromatic heterocycles. The number of halogens is 1. The second kappa shape index (κ2) is 13.1. The van der Waals surface area contributed by atoms with Gasteiger partial charge in [0.2, 0.25) is 0 Å². The van der Waals surface area contributed by atoms with Gasteiger partial charge in [0.05, 0.1) is 11.4 Å². The minimum absolute atomic E-state index is 0.282. The Morgan fingerprint density at radius 1 is 0.674 bits per heavy atom. The molecule has 0 heterocycles. The molecule has 0 aliphatic heterocycles. The van der Waals surface area contributed by atoms with Gasteiger partial charge in [-0.1, -0.05) is 135 Å². The van der Waals surface area contributed by atoms with Crippen LogP contribution in [-0.2, 0) is 12.1 Å². The van der Waals surface area contributed by atoms with Gasteiger partial charge in [-0.25, -0.2) is 4.39 Å². The van der Waals surface area contributed by atoms with Crippen LogP contribution in [0.15, 0.2) is 127 Å². The molecule has 0 atom stereocenters. The minimum atomic E-state index is -0.907. The molecule has 1 saturated carbocycles. The SMILES string of the molecule is N=Cc1ccc(NCc2ccc(C3CCCCC3)cc2)c(F)c1NC(c1ccccc1)(c1ccccc1)c1ccccc1. The molecular weight excluding hydrogens is 529 g/mol. The Morgan fingerprint density at radius 2 is 1.21 bits per heavy atom. The summed E-state index contributed by atoms with van der Waals surface area (Å²) in [5.74, 6) is 0.251. The number of anilines is 2. The van der Waals surface area contributed by atoms with Crippen molar-refractivity contribution in [2.24, 2.45) is 0 Å². The summed E-state index contributed by atoms with van der Waals surface area (Å²) < 4.78 is 16.6. The largest absolute Gasteiger partial charge is 0.379 e. The summed E-state index contributed by atoms with van der Waals surface area (Å²) in [4.78, 5) is 0. The zero-order valence-corrected chi connectivity index (χ0v) is 24.4. The average molecular weight is 568 g/mol. The Morgan fingerprint density at radius 3 is 1.72 bits per heavy atom. The molecule has 1 aliphatic rings. The predicted molar refractivity (Wildman–Crippen MR) is 177 cm³/mol. The fourth-order valence-corrected chi connectivity index (χ4v) is 6.48. The van der Waals surface area contributed by atoms with Gasteiger partial charge >= 0.3 is 0 Å². The quantitative estimate of drug-likeness (QED) is 0.116. The van der Waals surface area contributed by atoms with Gasteiger partial charge in [-0.05, 0) is 58.7 Å². The maximum Gasteiger partial charge on any atom is 0.170 e. The second-order valence-corrected chi connectivity index (χ2v) is 11.4. The van der Waals surface area contributed by atoms with Crippen molar-refractivity contribution in [3.05, 3.63) is 167 Å². The third-order valence-electron chi connectivity index (χ3n) is 8.80. The summed E-state index contributed by atoms with van der Waals surface area (Å²) in [5, 5.41) is 15.1. The van der Waals surface area contributed by atoms with Crippen molar-refractivity contribution in [1.82, 2.24) is 0 Å². The van der Waals surface area contributed by atoms with Crippen LogP contribution in [0, 0.1) is 11.2 Å². The van der Waals surface area contributed by atoms with Crippen LogP contribution in [0.4, 0.5) is 15.8 Å². The Hall–Kier alpha value is -4.70. The first-order valence-corrected chi connectivity index (χ1v) is 15.3. The van der Waals surface area contributed by atoms with Gasteiger partial charge in [-0.3, -0.25) is 0 Å². The molecule has 216 valence electrons. The molecule has 1 fully saturated rings. The number of rotatable bonds is 10. The van der Waals surface area contributed by atoms with E-state index in [0.29, 0.717) is 23.7 Å². The molecule has 5 aromatic carbocycles. The highest BCUT2D eigenvalue weighted by Gasteiger charge is 2.37. The van der Waals surface area contributed by atoms with Crippen LogP contribution in [0.5, 0.6) is 0 Å². The average Bonchev–Trinajstić information content (AvgIpc) is 3.09. The fraction of sp³-hybridized carbons (Fsp3) is 0.205. The number of nitrogens with one attached hydrogen (secondary N) is 3. The van der Waals surface area contributed by atoms with Crippen LogP contribution in [0.25, 0.3) is 0 Å². The number of benzene rings is 5. The summed E-state index contributed by atoms with van der Waals surface area (Å²) in [6.07, 6.45) is 7.74. The Balaban J connectivity index is 1.36. The summed E-state index contributed by atoms with van der Waals surface area (Å²) in [6.45, 7) is 0.506. The lowest BCUT2D eigenvalue weighted by molar-refractivity contribution is 0.443. The third-order valence-corrected chi connectivity index (χ3v) is 8.80. The van der Waals surface area contributed by atoms with E-state index in [9.17, 15) is 0 Å². The molecule has 3 N–H and O–H groups in total. The van der Waals surface area contributed by atoms with E-state index in [1.165, 1.54) is 43.9 Å². The van der Waals surface area contributed by atoms with Crippen molar-refractivity contribution in [2.45, 2.75) is 50.1 Å². The Bertz CT molecular complexity index is 1530. The van der Waals surface area contributed by atoms with E-state index in [2.05, 4.69) is 71.3 Å². The van der Waals surface area contributed by atoms with Gasteiger partial charge in [-0.2, -0.15) is 0 Å². The number of hydrogen-bond donors (Lipinski definition) is 3. The molecule has 0 unspecified atom stereocenters. The molecule has 43 heavy (non-hydrogen) atoms. The standard InChI is InChI=1S/C39H38FN3/c40-37-36(42-28-29-21-23-31(24-22-29)30-13-5-1-6-14-30)26-25-32(27-41)38(37)43-39(33-15-7-2-8-16-33,34-17-9-3-10-18-34)35-19-11-4-12-20-35/h2-4,7-12,15-27,30,41-43H,1,5-6,13-14,28H2. The van der Waals surface area contributed by atoms with Crippen molar-refractivity contribution in [3.63, 3.8) is 0 Å². The Kier molecular flexibility index (Phi) is 8.65. The summed E-state index contributed by atoms with van der Waals surface area (Å²) in [5.41, 5.74) is 5.68. The van der Waals surface area contributed by atoms with Crippen LogP contribution in [0.2, 0.25) is 0 Å². The van der Waals surface area contributed by atoms with Crippen LogP contribution in [-0.4, -0.2) is 6.21 Å². The van der Waals surface area contributed by atoms with Crippen molar-refractivity contribution >= 4 is 17.6 Å². The van der Waals surface area contributed by atoms with Crippen LogP contribution in [0.3, 0.4) is 0 Å². The zero-order chi connectivity index (χ0) is 29.5. The molecule has 1 aliphatic carbocycles. The van der Waals surface area contributed by atoms with E-state index in [1.807, 2.05) is 54.6 Å². The zero-order valence-electron chi connectivity index (χ0n) is 24.4. The highest BCUT2D eigenvalue weighted by molar-refractivity contribution is 5.88. The molecule has 0 amide bonds. The molecule has 0 saturated heterocycles. The molecular formula is C39H38FN3. The topological polar surface area (TPSA) is 47.9 Å². The lowest BCUT2D eigenvalue weighted by atomic mass is 9.76. The third kappa shape index (κ3) is 5.96. The van der Waals surface area contributed by atoms with E-state index >= 15 is 4.39 Å². The summed E-state index contributed by atoms with van der Waals surface area (Å²) >= 11 is 0. The first-order chi connectivity index (χ1) is 21.2. The summed E-state index contributed by atoms with van der Waals surface area (Å²) in [6, 6.07) is 42.7. The van der Waals surface area contributed by atoms with E-state index < -0.39 is 11.4 Å². The molecule has 4 heteroatoms. The van der Waals surface area contributed by atoms with E-state index in [4.69, 9.17) is 5.41 Å². The molecule has 3 nitrogen and oxygen atoms in total. The monoisotopic (exact) mass is 567 g/mol. The van der Waals surface area contributed by atoms with Crippen molar-refractivity contribution in [1.29, 1.82) is 5.41 Å². The van der Waals surface area contributed by atoms with E-state index in [1.54, 1.807) is 12.1 Å². The highest BCUT2D eigenvalue weighted by Crippen LogP contribution is 2.42. The van der Waals surface area contributed by atoms with Crippen LogP contribution < -0.4 is 10.6 Å². The first-order valence-electron chi connectivity index (χ1n) is 15.3. The molecule has 6 rings (SSSR count). The van der Waals surface area contributed by atoms with Gasteiger partial charge in [0, 0.05) is 18.3 Å². The smallest absolute Gasteiger partial charge is 0.170 e. The second-order valence-electron chi connectivity index (χ2n) is 11.4. The van der Waals surface area contributed by atoms with Gasteiger partial charge in [-0.15, -0.1) is 0 Å². The predicted octanol–water partition coefficient (Wildman–Crippen LogP) is 9.89. The van der Waals surface area contributed by atoms with Gasteiger partial charge in [0.1, 0.15) is 5.54 Å². The molecule has 0 spiro atoms. The fourth-order valence-electron chi connectivity index (χ4n) is 6.48. The lowest BCUT2D eigenvalue weighted by Crippen LogP contribution is -2.38. The van der Waals surface area contributed by atoms with E-state index in [-0.39, 0.29) is 5.69 Å². The number of hydrogen-bond acceptors (Lipinski definition) is 3. The minimum Gasteiger partial charge on any atom is -0.379 e. The van der Waals surface area contributed by atoms with Gasteiger partial charge in [0.15, 0.2) is 5.82 Å². The lowest BCUT2D eigenvalue weighted by Gasteiger charge is -2.38. The van der Waals surface area contributed by atoms with Crippen molar-refractivity contribution in [2.75, 3.05) is 10.6 Å². The molecule has 5 aromatic rings. The highest BCUT2D eigenvalue weighted by atomic mass is 19.1. The van der Waals surface area contributed by atoms with Gasteiger partial charge in [0.25, 0.3) is 0 Å².